The summed E-state index contributed by atoms with van der Waals surface area (Å²) < 4.78 is 5.71. The van der Waals surface area contributed by atoms with Gasteiger partial charge in [0.2, 0.25) is 0 Å². The molecule has 0 fully saturated rings. The number of unbranched alkanes of at least 4 members (excludes halogenated alkanes) is 6. The lowest BCUT2D eigenvalue weighted by Gasteiger charge is -2.10. The average molecular weight is 359 g/mol. The first-order valence-electron chi connectivity index (χ1n) is 10.1. The number of nitrogens with one attached hydrogen (secondary N) is 1. The fourth-order valence-corrected chi connectivity index (χ4v) is 3.25. The van der Waals surface area contributed by atoms with Crippen molar-refractivity contribution in [3.63, 3.8) is 0 Å². The highest BCUT2D eigenvalue weighted by Gasteiger charge is 2.13. The minimum Gasteiger partial charge on any atom is -0.426 e. The van der Waals surface area contributed by atoms with Gasteiger partial charge in [-0.25, -0.2) is 0 Å². The largest absolute Gasteiger partial charge is 0.426 e. The zero-order chi connectivity index (χ0) is 18.8. The SMILES string of the molecule is CCCCCCCCCC(=O)Oc1cccc2[nH]cc(CCN(C)C)c12. The number of carbonyl (C=O) groups excluding carboxylic acids is 1. The van der Waals surface area contributed by atoms with Crippen LogP contribution >= 0.6 is 0 Å². The first-order valence-corrected chi connectivity index (χ1v) is 10.1. The molecule has 0 aliphatic rings. The molecule has 0 bridgehead atoms. The second kappa shape index (κ2) is 11.0. The number of ether oxygens (including phenoxy) is 1. The zero-order valence-electron chi connectivity index (χ0n) is 16.6. The van der Waals surface area contributed by atoms with Gasteiger partial charge in [-0.1, -0.05) is 51.5 Å². The Balaban J connectivity index is 1.87. The molecule has 0 spiro atoms. The van der Waals surface area contributed by atoms with Crippen LogP contribution in [0.15, 0.2) is 24.4 Å². The highest BCUT2D eigenvalue weighted by molar-refractivity contribution is 5.91. The van der Waals surface area contributed by atoms with Crippen molar-refractivity contribution >= 4 is 16.9 Å². The molecule has 4 nitrogen and oxygen atoms in total. The maximum atomic E-state index is 12.2. The van der Waals surface area contributed by atoms with Gasteiger partial charge < -0.3 is 14.6 Å². The lowest BCUT2D eigenvalue weighted by atomic mass is 10.1. The van der Waals surface area contributed by atoms with Crippen molar-refractivity contribution in [3.05, 3.63) is 30.0 Å². The highest BCUT2D eigenvalue weighted by atomic mass is 16.5. The van der Waals surface area contributed by atoms with Gasteiger partial charge in [0.15, 0.2) is 0 Å². The van der Waals surface area contributed by atoms with Gasteiger partial charge in [-0.2, -0.15) is 0 Å². The standard InChI is InChI=1S/C22H34N2O2/c1-4-5-6-7-8-9-10-14-21(25)26-20-13-11-12-19-22(20)18(17-23-19)15-16-24(2)3/h11-13,17,23H,4-10,14-16H2,1-3H3. The predicted octanol–water partition coefficient (Wildman–Crippen LogP) is 5.32. The second-order valence-electron chi connectivity index (χ2n) is 7.39. The molecule has 1 aromatic carbocycles. The minimum absolute atomic E-state index is 0.120. The molecule has 0 aliphatic heterocycles. The van der Waals surface area contributed by atoms with E-state index in [1.165, 1.54) is 37.7 Å². The fraction of sp³-hybridized carbons (Fsp3) is 0.591. The maximum Gasteiger partial charge on any atom is 0.311 e. The molecule has 4 heteroatoms. The normalized spacial score (nSPS) is 11.4. The van der Waals surface area contributed by atoms with Gasteiger partial charge in [0, 0.05) is 30.1 Å². The van der Waals surface area contributed by atoms with Crippen LogP contribution in [0, 0.1) is 0 Å². The number of nitrogens with zero attached hydrogens (tertiary/aromatic N) is 1. The lowest BCUT2D eigenvalue weighted by molar-refractivity contribution is -0.134. The van der Waals surface area contributed by atoms with Crippen molar-refractivity contribution < 1.29 is 9.53 Å². The summed E-state index contributed by atoms with van der Waals surface area (Å²) >= 11 is 0. The molecule has 0 saturated heterocycles. The van der Waals surface area contributed by atoms with E-state index in [0.29, 0.717) is 12.2 Å². The molecule has 0 unspecified atom stereocenters. The molecule has 0 radical (unpaired) electrons. The number of likely N-dealkylation sites (N-methyl/N-ethyl adjacent to an activating group) is 1. The molecular formula is C22H34N2O2. The van der Waals surface area contributed by atoms with Crippen molar-refractivity contribution in [2.75, 3.05) is 20.6 Å². The molecule has 0 atom stereocenters. The van der Waals surface area contributed by atoms with Gasteiger partial charge in [-0.05, 0) is 44.6 Å². The number of hydrogen-bond acceptors (Lipinski definition) is 3. The quantitative estimate of drug-likeness (QED) is 0.317. The van der Waals surface area contributed by atoms with Crippen molar-refractivity contribution in [2.45, 2.75) is 64.7 Å². The first kappa shape index (κ1) is 20.5. The van der Waals surface area contributed by atoms with E-state index in [1.807, 2.05) is 24.4 Å². The Hall–Kier alpha value is -1.81. The molecule has 2 rings (SSSR count). The Bertz CT molecular complexity index is 676. The summed E-state index contributed by atoms with van der Waals surface area (Å²) in [5.41, 5.74) is 2.23. The summed E-state index contributed by atoms with van der Waals surface area (Å²) in [7, 11) is 4.13. The van der Waals surface area contributed by atoms with Gasteiger partial charge in [0.1, 0.15) is 5.75 Å². The summed E-state index contributed by atoms with van der Waals surface area (Å²) in [6.07, 6.45) is 11.9. The number of H-pyrrole nitrogens is 1. The molecule has 0 aliphatic carbocycles. The zero-order valence-corrected chi connectivity index (χ0v) is 16.6. The third-order valence-corrected chi connectivity index (χ3v) is 4.79. The van der Waals surface area contributed by atoms with Gasteiger partial charge in [0.25, 0.3) is 0 Å². The Labute approximate surface area is 157 Å². The summed E-state index contributed by atoms with van der Waals surface area (Å²) in [5.74, 6) is 0.566. The Morgan fingerprint density at radius 3 is 2.54 bits per heavy atom. The molecule has 0 amide bonds. The van der Waals surface area contributed by atoms with Crippen molar-refractivity contribution in [2.24, 2.45) is 0 Å². The van der Waals surface area contributed by atoms with E-state index in [9.17, 15) is 4.79 Å². The van der Waals surface area contributed by atoms with Crippen LogP contribution in [0.25, 0.3) is 10.9 Å². The van der Waals surface area contributed by atoms with Crippen LogP contribution < -0.4 is 4.74 Å². The van der Waals surface area contributed by atoms with E-state index in [-0.39, 0.29) is 5.97 Å². The fourth-order valence-electron chi connectivity index (χ4n) is 3.25. The molecule has 144 valence electrons. The lowest BCUT2D eigenvalue weighted by Crippen LogP contribution is -2.15. The molecule has 1 aromatic heterocycles. The predicted molar refractivity (Wildman–Crippen MR) is 109 cm³/mol. The summed E-state index contributed by atoms with van der Waals surface area (Å²) in [6.45, 7) is 3.19. The van der Waals surface area contributed by atoms with Crippen LogP contribution in [0.2, 0.25) is 0 Å². The van der Waals surface area contributed by atoms with E-state index in [1.54, 1.807) is 0 Å². The van der Waals surface area contributed by atoms with E-state index < -0.39 is 0 Å². The van der Waals surface area contributed by atoms with Crippen LogP contribution in [-0.2, 0) is 11.2 Å². The van der Waals surface area contributed by atoms with Crippen LogP contribution in [0.1, 0.15) is 63.9 Å². The summed E-state index contributed by atoms with van der Waals surface area (Å²) in [5, 5.41) is 1.04. The maximum absolute atomic E-state index is 12.2. The van der Waals surface area contributed by atoms with E-state index in [0.717, 1.165) is 36.7 Å². The number of aromatic amines is 1. The van der Waals surface area contributed by atoms with E-state index >= 15 is 0 Å². The molecular weight excluding hydrogens is 324 g/mol. The Morgan fingerprint density at radius 2 is 1.81 bits per heavy atom. The van der Waals surface area contributed by atoms with Crippen LogP contribution in [0.4, 0.5) is 0 Å². The molecule has 0 saturated carbocycles. The second-order valence-corrected chi connectivity index (χ2v) is 7.39. The van der Waals surface area contributed by atoms with Gasteiger partial charge in [-0.15, -0.1) is 0 Å². The smallest absolute Gasteiger partial charge is 0.311 e. The third-order valence-electron chi connectivity index (χ3n) is 4.79. The van der Waals surface area contributed by atoms with Gasteiger partial charge in [0.05, 0.1) is 0 Å². The third kappa shape index (κ3) is 6.49. The topological polar surface area (TPSA) is 45.3 Å². The number of carbonyl (C=O) groups is 1. The number of esters is 1. The summed E-state index contributed by atoms with van der Waals surface area (Å²) in [4.78, 5) is 17.7. The van der Waals surface area contributed by atoms with E-state index in [2.05, 4.69) is 30.9 Å². The van der Waals surface area contributed by atoms with Gasteiger partial charge >= 0.3 is 5.97 Å². The molecule has 1 N–H and O–H groups in total. The van der Waals surface area contributed by atoms with Crippen molar-refractivity contribution in [1.82, 2.24) is 9.88 Å². The monoisotopic (exact) mass is 358 g/mol. The van der Waals surface area contributed by atoms with E-state index in [4.69, 9.17) is 4.74 Å². The summed E-state index contributed by atoms with van der Waals surface area (Å²) in [6, 6.07) is 5.87. The molecule has 26 heavy (non-hydrogen) atoms. The van der Waals surface area contributed by atoms with Crippen LogP contribution in [-0.4, -0.2) is 36.5 Å². The van der Waals surface area contributed by atoms with Crippen LogP contribution in [0.5, 0.6) is 5.75 Å². The Kier molecular flexibility index (Phi) is 8.69. The number of benzene rings is 1. The first-order chi connectivity index (χ1) is 12.6. The molecule has 2 aromatic rings. The molecule has 1 heterocycles. The van der Waals surface area contributed by atoms with Crippen molar-refractivity contribution in [3.8, 4) is 5.75 Å². The average Bonchev–Trinajstić information content (AvgIpc) is 3.03. The van der Waals surface area contributed by atoms with Gasteiger partial charge in [-0.3, -0.25) is 4.79 Å². The number of hydrogen-bond donors (Lipinski definition) is 1. The Morgan fingerprint density at radius 1 is 1.08 bits per heavy atom. The highest BCUT2D eigenvalue weighted by Crippen LogP contribution is 2.29. The minimum atomic E-state index is -0.120. The number of rotatable bonds is 12. The number of aromatic nitrogens is 1. The van der Waals surface area contributed by atoms with Crippen molar-refractivity contribution in [1.29, 1.82) is 0 Å². The van der Waals surface area contributed by atoms with Crippen LogP contribution in [0.3, 0.4) is 0 Å². The number of fused-ring (bicyclic) bond motifs is 1.